The van der Waals surface area contributed by atoms with Crippen LogP contribution >= 0.6 is 0 Å². The number of ether oxygens (including phenoxy) is 1. The third-order valence-electron chi connectivity index (χ3n) is 3.22. The second-order valence-electron chi connectivity index (χ2n) is 4.54. The van der Waals surface area contributed by atoms with Crippen molar-refractivity contribution in [1.29, 1.82) is 5.26 Å². The van der Waals surface area contributed by atoms with Gasteiger partial charge in [0.15, 0.2) is 9.84 Å². The maximum Gasteiger partial charge on any atom is 0.157 e. The van der Waals surface area contributed by atoms with Gasteiger partial charge < -0.3 is 4.74 Å². The average molecular weight is 283 g/mol. The summed E-state index contributed by atoms with van der Waals surface area (Å²) in [5.41, 5.74) is 0.301. The van der Waals surface area contributed by atoms with Crippen LogP contribution in [0.5, 0.6) is 0 Å². The van der Waals surface area contributed by atoms with E-state index in [0.29, 0.717) is 26.1 Å². The molecule has 102 valence electrons. The normalized spacial score (nSPS) is 17.1. The van der Waals surface area contributed by atoms with Crippen molar-refractivity contribution in [3.8, 4) is 6.07 Å². The Hall–Kier alpha value is -1.45. The molecule has 0 aliphatic carbocycles. The molecule has 1 aromatic carbocycles. The van der Waals surface area contributed by atoms with Crippen molar-refractivity contribution in [3.05, 3.63) is 35.1 Å². The van der Waals surface area contributed by atoms with Crippen molar-refractivity contribution < 1.29 is 17.5 Å². The monoisotopic (exact) mass is 283 g/mol. The summed E-state index contributed by atoms with van der Waals surface area (Å²) >= 11 is 0. The molecule has 0 atom stereocenters. The highest BCUT2D eigenvalue weighted by molar-refractivity contribution is 7.91. The fourth-order valence-corrected chi connectivity index (χ4v) is 3.92. The molecule has 2 rings (SSSR count). The van der Waals surface area contributed by atoms with Crippen molar-refractivity contribution in [3.63, 3.8) is 0 Å². The Morgan fingerprint density at radius 3 is 2.63 bits per heavy atom. The lowest BCUT2D eigenvalue weighted by molar-refractivity contribution is 0.0983. The molecule has 19 heavy (non-hydrogen) atoms. The Balaban J connectivity index is 2.18. The zero-order valence-electron chi connectivity index (χ0n) is 10.3. The van der Waals surface area contributed by atoms with Crippen LogP contribution in [-0.4, -0.2) is 26.9 Å². The quantitative estimate of drug-likeness (QED) is 0.848. The van der Waals surface area contributed by atoms with E-state index in [1.54, 1.807) is 0 Å². The van der Waals surface area contributed by atoms with E-state index in [1.807, 2.05) is 6.07 Å². The molecule has 1 aromatic rings. The number of hydrogen-bond acceptors (Lipinski definition) is 4. The molecule has 0 aromatic heterocycles. The van der Waals surface area contributed by atoms with Gasteiger partial charge in [0.25, 0.3) is 0 Å². The van der Waals surface area contributed by atoms with Crippen LogP contribution in [0.2, 0.25) is 0 Å². The van der Waals surface area contributed by atoms with Gasteiger partial charge in [-0.05, 0) is 25.0 Å². The molecule has 0 amide bonds. The first-order valence-corrected chi connectivity index (χ1v) is 7.72. The highest BCUT2D eigenvalue weighted by Gasteiger charge is 2.28. The van der Waals surface area contributed by atoms with Crippen LogP contribution in [-0.2, 0) is 20.3 Å². The molecule has 1 saturated heterocycles. The second-order valence-corrected chi connectivity index (χ2v) is 6.82. The van der Waals surface area contributed by atoms with Crippen LogP contribution in [0, 0.1) is 17.1 Å². The van der Waals surface area contributed by atoms with E-state index >= 15 is 0 Å². The molecule has 1 heterocycles. The van der Waals surface area contributed by atoms with Gasteiger partial charge in [-0.1, -0.05) is 6.07 Å². The molecule has 1 aliphatic rings. The van der Waals surface area contributed by atoms with Gasteiger partial charge in [0.05, 0.1) is 22.6 Å². The Labute approximate surface area is 111 Å². The molecular formula is C13H14FNO3S. The number of rotatable bonds is 3. The summed E-state index contributed by atoms with van der Waals surface area (Å²) in [6, 6.07) is 5.67. The first-order chi connectivity index (χ1) is 9.03. The van der Waals surface area contributed by atoms with Gasteiger partial charge in [-0.25, -0.2) is 12.8 Å². The van der Waals surface area contributed by atoms with Crippen LogP contribution in [0.4, 0.5) is 4.39 Å². The number of sulfone groups is 1. The van der Waals surface area contributed by atoms with Crippen LogP contribution in [0.1, 0.15) is 24.0 Å². The van der Waals surface area contributed by atoms with Crippen molar-refractivity contribution in [2.24, 2.45) is 0 Å². The van der Waals surface area contributed by atoms with E-state index < -0.39 is 20.9 Å². The Kier molecular flexibility index (Phi) is 4.17. The molecular weight excluding hydrogens is 269 g/mol. The Bertz CT molecular complexity index is 601. The van der Waals surface area contributed by atoms with Crippen molar-refractivity contribution >= 4 is 9.84 Å². The number of nitriles is 1. The minimum absolute atomic E-state index is 0.116. The molecule has 0 radical (unpaired) electrons. The zero-order chi connectivity index (χ0) is 13.9. The predicted octanol–water partition coefficient (Wildman–Crippen LogP) is 1.79. The van der Waals surface area contributed by atoms with Crippen molar-refractivity contribution in [1.82, 2.24) is 0 Å². The molecule has 0 saturated carbocycles. The standard InChI is InChI=1S/C13H14FNO3S/c14-13-7-10(8-15)1-2-11(13)9-19(16,17)12-3-5-18-6-4-12/h1-2,7,12H,3-6,9H2. The summed E-state index contributed by atoms with van der Waals surface area (Å²) in [5, 5.41) is 8.18. The van der Waals surface area contributed by atoms with E-state index in [4.69, 9.17) is 10.00 Å². The van der Waals surface area contributed by atoms with Crippen LogP contribution in [0.3, 0.4) is 0 Å². The molecule has 6 heteroatoms. The predicted molar refractivity (Wildman–Crippen MR) is 67.6 cm³/mol. The molecule has 1 aliphatic heterocycles. The summed E-state index contributed by atoms with van der Waals surface area (Å²) in [6.07, 6.45) is 0.917. The van der Waals surface area contributed by atoms with Gasteiger partial charge in [0, 0.05) is 18.8 Å². The third kappa shape index (κ3) is 3.31. The SMILES string of the molecule is N#Cc1ccc(CS(=O)(=O)C2CCOCC2)c(F)c1. The van der Waals surface area contributed by atoms with Crippen LogP contribution < -0.4 is 0 Å². The Morgan fingerprint density at radius 2 is 2.05 bits per heavy atom. The van der Waals surface area contributed by atoms with Gasteiger partial charge in [0.2, 0.25) is 0 Å². The molecule has 0 unspecified atom stereocenters. The zero-order valence-corrected chi connectivity index (χ0v) is 11.1. The minimum atomic E-state index is -3.38. The lowest BCUT2D eigenvalue weighted by atomic mass is 10.1. The second kappa shape index (κ2) is 5.68. The van der Waals surface area contributed by atoms with Crippen LogP contribution in [0.15, 0.2) is 18.2 Å². The third-order valence-corrected chi connectivity index (χ3v) is 5.42. The van der Waals surface area contributed by atoms with Gasteiger partial charge in [-0.2, -0.15) is 5.26 Å². The number of hydrogen-bond donors (Lipinski definition) is 0. The minimum Gasteiger partial charge on any atom is -0.381 e. The fourth-order valence-electron chi connectivity index (χ4n) is 2.10. The lowest BCUT2D eigenvalue weighted by Crippen LogP contribution is -2.30. The van der Waals surface area contributed by atoms with Gasteiger partial charge in [-0.3, -0.25) is 0 Å². The van der Waals surface area contributed by atoms with Gasteiger partial charge in [0.1, 0.15) is 5.82 Å². The van der Waals surface area contributed by atoms with Gasteiger partial charge >= 0.3 is 0 Å². The fraction of sp³-hybridized carbons (Fsp3) is 0.462. The van der Waals surface area contributed by atoms with E-state index in [2.05, 4.69) is 0 Å². The summed E-state index contributed by atoms with van der Waals surface area (Å²) in [7, 11) is -3.38. The summed E-state index contributed by atoms with van der Waals surface area (Å²) in [5.74, 6) is -0.968. The van der Waals surface area contributed by atoms with Crippen molar-refractivity contribution in [2.45, 2.75) is 23.8 Å². The molecule has 0 N–H and O–H groups in total. The first kappa shape index (κ1) is 14.0. The van der Waals surface area contributed by atoms with Gasteiger partial charge in [-0.15, -0.1) is 0 Å². The van der Waals surface area contributed by atoms with E-state index in [1.165, 1.54) is 12.1 Å². The summed E-state index contributed by atoms with van der Waals surface area (Å²) in [4.78, 5) is 0. The maximum atomic E-state index is 13.7. The summed E-state index contributed by atoms with van der Waals surface area (Å²) < 4.78 is 43.2. The molecule has 1 fully saturated rings. The van der Waals surface area contributed by atoms with Crippen molar-refractivity contribution in [2.75, 3.05) is 13.2 Å². The maximum absolute atomic E-state index is 13.7. The highest BCUT2D eigenvalue weighted by Crippen LogP contribution is 2.21. The molecule has 0 spiro atoms. The first-order valence-electron chi connectivity index (χ1n) is 6.01. The Morgan fingerprint density at radius 1 is 1.37 bits per heavy atom. The summed E-state index contributed by atoms with van der Waals surface area (Å²) in [6.45, 7) is 0.861. The van der Waals surface area contributed by atoms with Crippen LogP contribution in [0.25, 0.3) is 0 Å². The number of benzene rings is 1. The van der Waals surface area contributed by atoms with E-state index in [9.17, 15) is 12.8 Å². The number of nitrogens with zero attached hydrogens (tertiary/aromatic N) is 1. The van der Waals surface area contributed by atoms with E-state index in [-0.39, 0.29) is 16.9 Å². The topological polar surface area (TPSA) is 67.2 Å². The lowest BCUT2D eigenvalue weighted by Gasteiger charge is -2.22. The van der Waals surface area contributed by atoms with E-state index in [0.717, 1.165) is 6.07 Å². The number of halogens is 1. The highest BCUT2D eigenvalue weighted by atomic mass is 32.2. The molecule has 0 bridgehead atoms. The average Bonchev–Trinajstić information content (AvgIpc) is 2.42. The molecule has 4 nitrogen and oxygen atoms in total. The smallest absolute Gasteiger partial charge is 0.157 e. The largest absolute Gasteiger partial charge is 0.381 e.